The summed E-state index contributed by atoms with van der Waals surface area (Å²) in [5.74, 6) is 4.65. The fourth-order valence-electron chi connectivity index (χ4n) is 1.39. The Labute approximate surface area is 93.7 Å². The molecule has 0 aliphatic heterocycles. The van der Waals surface area contributed by atoms with E-state index in [9.17, 15) is 9.90 Å². The molecule has 1 rings (SSSR count). The van der Waals surface area contributed by atoms with Crippen LogP contribution >= 0.6 is 0 Å². The number of aliphatic carboxylic acids is 1. The number of carboxylic acid groups (broad SMARTS) is 1. The van der Waals surface area contributed by atoms with E-state index in [0.29, 0.717) is 11.3 Å². The Hall–Kier alpha value is -1.59. The van der Waals surface area contributed by atoms with Gasteiger partial charge < -0.3 is 14.7 Å². The van der Waals surface area contributed by atoms with Gasteiger partial charge in [-0.3, -0.25) is 4.79 Å². The van der Waals surface area contributed by atoms with E-state index in [-0.39, 0.29) is 6.61 Å². The van der Waals surface area contributed by atoms with E-state index in [1.807, 2.05) is 0 Å². The average molecular weight is 225 g/mol. The van der Waals surface area contributed by atoms with Crippen molar-refractivity contribution in [1.29, 1.82) is 0 Å². The number of methoxy groups -OCH3 is 1. The predicted molar refractivity (Wildman–Crippen MR) is 58.1 cm³/mol. The number of ether oxygens (including phenoxy) is 1. The van der Waals surface area contributed by atoms with Crippen LogP contribution in [0.1, 0.15) is 12.5 Å². The SMILES string of the molecule is COc1ccc(C(C)(CON)C(=O)O)cc1. The summed E-state index contributed by atoms with van der Waals surface area (Å²) >= 11 is 0. The van der Waals surface area contributed by atoms with E-state index in [4.69, 9.17) is 10.6 Å². The zero-order valence-corrected chi connectivity index (χ0v) is 9.27. The van der Waals surface area contributed by atoms with Crippen LogP contribution in [0.2, 0.25) is 0 Å². The normalized spacial score (nSPS) is 14.2. The molecule has 0 saturated heterocycles. The molecule has 0 bridgehead atoms. The highest BCUT2D eigenvalue weighted by Crippen LogP contribution is 2.26. The van der Waals surface area contributed by atoms with E-state index in [0.717, 1.165) is 0 Å². The zero-order valence-electron chi connectivity index (χ0n) is 9.27. The summed E-state index contributed by atoms with van der Waals surface area (Å²) in [5.41, 5.74) is -0.535. The largest absolute Gasteiger partial charge is 0.497 e. The number of carbonyl (C=O) groups is 1. The molecular weight excluding hydrogens is 210 g/mol. The molecular formula is C11H15NO4. The molecule has 0 aromatic heterocycles. The second-order valence-electron chi connectivity index (χ2n) is 3.68. The lowest BCUT2D eigenvalue weighted by molar-refractivity contribution is -0.145. The number of carboxylic acids is 1. The van der Waals surface area contributed by atoms with Crippen molar-refractivity contribution in [2.45, 2.75) is 12.3 Å². The summed E-state index contributed by atoms with van der Waals surface area (Å²) in [6.07, 6.45) is 0. The van der Waals surface area contributed by atoms with Crippen molar-refractivity contribution in [3.8, 4) is 5.75 Å². The van der Waals surface area contributed by atoms with Gasteiger partial charge in [0.2, 0.25) is 0 Å². The lowest BCUT2D eigenvalue weighted by atomic mass is 9.83. The van der Waals surface area contributed by atoms with E-state index in [2.05, 4.69) is 4.84 Å². The summed E-state index contributed by atoms with van der Waals surface area (Å²) in [4.78, 5) is 15.7. The molecule has 1 aromatic rings. The molecule has 16 heavy (non-hydrogen) atoms. The Morgan fingerprint density at radius 3 is 2.38 bits per heavy atom. The summed E-state index contributed by atoms with van der Waals surface area (Å²) in [6, 6.07) is 6.78. The van der Waals surface area contributed by atoms with Crippen LogP contribution in [0.15, 0.2) is 24.3 Å². The van der Waals surface area contributed by atoms with Crippen LogP contribution < -0.4 is 10.6 Å². The molecule has 5 nitrogen and oxygen atoms in total. The summed E-state index contributed by atoms with van der Waals surface area (Å²) < 4.78 is 5.00. The average Bonchev–Trinajstić information content (AvgIpc) is 2.29. The number of hydrogen-bond acceptors (Lipinski definition) is 4. The van der Waals surface area contributed by atoms with Gasteiger partial charge in [-0.1, -0.05) is 12.1 Å². The first-order valence-electron chi connectivity index (χ1n) is 4.74. The topological polar surface area (TPSA) is 81.8 Å². The molecule has 3 N–H and O–H groups in total. The summed E-state index contributed by atoms with van der Waals surface area (Å²) in [5, 5.41) is 9.18. The van der Waals surface area contributed by atoms with Gasteiger partial charge in [-0.15, -0.1) is 0 Å². The third-order valence-electron chi connectivity index (χ3n) is 2.57. The minimum atomic E-state index is -1.15. The molecule has 0 spiro atoms. The third kappa shape index (κ3) is 2.32. The van der Waals surface area contributed by atoms with Crippen LogP contribution in [0.25, 0.3) is 0 Å². The van der Waals surface area contributed by atoms with Crippen molar-refractivity contribution in [2.75, 3.05) is 13.7 Å². The Morgan fingerprint density at radius 2 is 2.00 bits per heavy atom. The fourth-order valence-corrected chi connectivity index (χ4v) is 1.39. The van der Waals surface area contributed by atoms with Gasteiger partial charge in [0.1, 0.15) is 11.2 Å². The van der Waals surface area contributed by atoms with Crippen molar-refractivity contribution in [3.63, 3.8) is 0 Å². The molecule has 88 valence electrons. The maximum atomic E-state index is 11.2. The summed E-state index contributed by atoms with van der Waals surface area (Å²) in [7, 11) is 1.55. The maximum Gasteiger partial charge on any atom is 0.316 e. The van der Waals surface area contributed by atoms with Gasteiger partial charge in [0, 0.05) is 0 Å². The number of nitrogens with two attached hydrogens (primary N) is 1. The molecule has 0 saturated carbocycles. The van der Waals surface area contributed by atoms with Crippen molar-refractivity contribution in [1.82, 2.24) is 0 Å². The number of benzene rings is 1. The molecule has 5 heteroatoms. The van der Waals surface area contributed by atoms with Crippen LogP contribution in [0, 0.1) is 0 Å². The quantitative estimate of drug-likeness (QED) is 0.728. The van der Waals surface area contributed by atoms with Gasteiger partial charge in [0.15, 0.2) is 0 Å². The predicted octanol–water partition coefficient (Wildman–Crippen LogP) is 0.928. The smallest absolute Gasteiger partial charge is 0.316 e. The Kier molecular flexibility index (Phi) is 3.87. The van der Waals surface area contributed by atoms with Crippen LogP contribution in [-0.4, -0.2) is 24.8 Å². The molecule has 0 aliphatic carbocycles. The van der Waals surface area contributed by atoms with Crippen molar-refractivity contribution in [2.24, 2.45) is 5.90 Å². The second-order valence-corrected chi connectivity index (χ2v) is 3.68. The highest BCUT2D eigenvalue weighted by molar-refractivity contribution is 5.81. The summed E-state index contributed by atoms with van der Waals surface area (Å²) in [6.45, 7) is 1.47. The molecule has 1 unspecified atom stereocenters. The molecule has 0 radical (unpaired) electrons. The lowest BCUT2D eigenvalue weighted by Crippen LogP contribution is -2.38. The molecule has 0 heterocycles. The monoisotopic (exact) mass is 225 g/mol. The highest BCUT2D eigenvalue weighted by Gasteiger charge is 2.35. The van der Waals surface area contributed by atoms with Gasteiger partial charge in [-0.2, -0.15) is 0 Å². The van der Waals surface area contributed by atoms with E-state index in [1.165, 1.54) is 0 Å². The van der Waals surface area contributed by atoms with Gasteiger partial charge in [0.25, 0.3) is 0 Å². The van der Waals surface area contributed by atoms with Gasteiger partial charge in [0.05, 0.1) is 13.7 Å². The highest BCUT2D eigenvalue weighted by atomic mass is 16.6. The first-order chi connectivity index (χ1) is 7.54. The first-order valence-corrected chi connectivity index (χ1v) is 4.74. The fraction of sp³-hybridized carbons (Fsp3) is 0.364. The number of hydrogen-bond donors (Lipinski definition) is 2. The zero-order chi connectivity index (χ0) is 12.2. The van der Waals surface area contributed by atoms with Crippen molar-refractivity contribution < 1.29 is 19.5 Å². The lowest BCUT2D eigenvalue weighted by Gasteiger charge is -2.23. The minimum Gasteiger partial charge on any atom is -0.497 e. The van der Waals surface area contributed by atoms with Crippen LogP contribution in [0.3, 0.4) is 0 Å². The Balaban J connectivity index is 3.06. The Bertz CT molecular complexity index is 363. The van der Waals surface area contributed by atoms with Crippen molar-refractivity contribution in [3.05, 3.63) is 29.8 Å². The second kappa shape index (κ2) is 4.96. The van der Waals surface area contributed by atoms with Crippen LogP contribution in [-0.2, 0) is 15.0 Å². The molecule has 1 atom stereocenters. The number of rotatable bonds is 5. The molecule has 0 aliphatic rings. The third-order valence-corrected chi connectivity index (χ3v) is 2.57. The minimum absolute atomic E-state index is 0.0886. The Morgan fingerprint density at radius 1 is 1.44 bits per heavy atom. The first kappa shape index (κ1) is 12.5. The van der Waals surface area contributed by atoms with E-state index < -0.39 is 11.4 Å². The molecule has 0 fully saturated rings. The standard InChI is InChI=1S/C11H15NO4/c1-11(7-16-12,10(13)14)8-3-5-9(15-2)6-4-8/h3-6H,7,12H2,1-2H3,(H,13,14). The van der Waals surface area contributed by atoms with Crippen LogP contribution in [0.4, 0.5) is 0 Å². The molecule has 1 aromatic carbocycles. The van der Waals surface area contributed by atoms with Gasteiger partial charge in [-0.05, 0) is 24.6 Å². The van der Waals surface area contributed by atoms with Gasteiger partial charge >= 0.3 is 5.97 Å². The van der Waals surface area contributed by atoms with E-state index in [1.54, 1.807) is 38.3 Å². The van der Waals surface area contributed by atoms with Crippen LogP contribution in [0.5, 0.6) is 5.75 Å². The van der Waals surface area contributed by atoms with Crippen molar-refractivity contribution >= 4 is 5.97 Å². The van der Waals surface area contributed by atoms with Gasteiger partial charge in [-0.25, -0.2) is 5.90 Å². The van der Waals surface area contributed by atoms with E-state index >= 15 is 0 Å². The maximum absolute atomic E-state index is 11.2. The molecule has 0 amide bonds.